The summed E-state index contributed by atoms with van der Waals surface area (Å²) < 4.78 is 57.3. The fraction of sp³-hybridized carbons (Fsp3) is 0.222. The van der Waals surface area contributed by atoms with Crippen molar-refractivity contribution < 1.29 is 32.2 Å². The molecule has 4 aromatic rings. The number of nitrogens with one attached hydrogen (secondary N) is 1. The third-order valence-corrected chi connectivity index (χ3v) is 5.61. The largest absolute Gasteiger partial charge is 0.497 e. The molecule has 0 aliphatic rings. The zero-order valence-electron chi connectivity index (χ0n) is 20.9. The highest BCUT2D eigenvalue weighted by molar-refractivity contribution is 6.04. The van der Waals surface area contributed by atoms with Gasteiger partial charge in [0.05, 0.1) is 25.0 Å². The molecule has 0 aliphatic carbocycles. The van der Waals surface area contributed by atoms with Crippen LogP contribution >= 0.6 is 0 Å². The second-order valence-electron chi connectivity index (χ2n) is 8.23. The van der Waals surface area contributed by atoms with Crippen molar-refractivity contribution in [3.8, 4) is 28.8 Å². The number of aryl methyl sites for hydroxylation is 1. The SMILES string of the molecule is COCCOc1nc(-c2ccc(OC)cc2)n(-c2cccc(NC(=O)c3ccc(C)c(C(F)(F)F)c3)c2)n1. The Hall–Kier alpha value is -4.38. The number of alkyl halides is 3. The van der Waals surface area contributed by atoms with Gasteiger partial charge >= 0.3 is 12.2 Å². The van der Waals surface area contributed by atoms with Crippen molar-refractivity contribution >= 4 is 11.6 Å². The number of hydrogen-bond donors (Lipinski definition) is 1. The first-order valence-electron chi connectivity index (χ1n) is 11.5. The van der Waals surface area contributed by atoms with Gasteiger partial charge in [-0.1, -0.05) is 12.1 Å². The number of methoxy groups -OCH3 is 2. The maximum atomic E-state index is 13.3. The van der Waals surface area contributed by atoms with Crippen LogP contribution in [0.25, 0.3) is 17.1 Å². The van der Waals surface area contributed by atoms with Crippen LogP contribution in [0.3, 0.4) is 0 Å². The van der Waals surface area contributed by atoms with Gasteiger partial charge in [0, 0.05) is 23.9 Å². The number of carbonyl (C=O) groups is 1. The minimum atomic E-state index is -4.56. The first-order valence-corrected chi connectivity index (χ1v) is 11.5. The summed E-state index contributed by atoms with van der Waals surface area (Å²) in [5.74, 6) is 0.466. The van der Waals surface area contributed by atoms with E-state index in [-0.39, 0.29) is 23.7 Å². The zero-order valence-corrected chi connectivity index (χ0v) is 20.9. The number of nitrogens with zero attached hydrogens (tertiary/aromatic N) is 3. The molecule has 198 valence electrons. The molecule has 1 aromatic heterocycles. The van der Waals surface area contributed by atoms with Crippen LogP contribution in [-0.2, 0) is 10.9 Å². The number of benzene rings is 3. The number of anilines is 1. The highest BCUT2D eigenvalue weighted by atomic mass is 19.4. The molecule has 1 amide bonds. The lowest BCUT2D eigenvalue weighted by molar-refractivity contribution is -0.138. The van der Waals surface area contributed by atoms with Gasteiger partial charge in [0.2, 0.25) is 0 Å². The molecule has 0 atom stereocenters. The van der Waals surface area contributed by atoms with Gasteiger partial charge in [0.25, 0.3) is 5.91 Å². The summed E-state index contributed by atoms with van der Waals surface area (Å²) in [6.45, 7) is 1.94. The van der Waals surface area contributed by atoms with E-state index in [4.69, 9.17) is 14.2 Å². The van der Waals surface area contributed by atoms with E-state index in [9.17, 15) is 18.0 Å². The van der Waals surface area contributed by atoms with Gasteiger partial charge < -0.3 is 19.5 Å². The van der Waals surface area contributed by atoms with Gasteiger partial charge in [-0.15, -0.1) is 5.10 Å². The Bertz CT molecular complexity index is 1420. The fourth-order valence-corrected chi connectivity index (χ4v) is 3.66. The van der Waals surface area contributed by atoms with Crippen LogP contribution in [0.5, 0.6) is 11.8 Å². The average molecular weight is 527 g/mol. The molecule has 0 fully saturated rings. The van der Waals surface area contributed by atoms with Crippen molar-refractivity contribution in [2.45, 2.75) is 13.1 Å². The Labute approximate surface area is 217 Å². The summed E-state index contributed by atoms with van der Waals surface area (Å²) in [5, 5.41) is 7.11. The van der Waals surface area contributed by atoms with Crippen molar-refractivity contribution in [2.75, 3.05) is 32.8 Å². The first-order chi connectivity index (χ1) is 18.2. The number of rotatable bonds is 9. The molecule has 38 heavy (non-hydrogen) atoms. The predicted molar refractivity (Wildman–Crippen MR) is 135 cm³/mol. The van der Waals surface area contributed by atoms with E-state index in [0.29, 0.717) is 29.6 Å². The van der Waals surface area contributed by atoms with E-state index in [1.165, 1.54) is 19.1 Å². The molecule has 11 heteroatoms. The van der Waals surface area contributed by atoms with Crippen LogP contribution < -0.4 is 14.8 Å². The summed E-state index contributed by atoms with van der Waals surface area (Å²) in [4.78, 5) is 17.3. The second kappa shape index (κ2) is 11.3. The van der Waals surface area contributed by atoms with E-state index >= 15 is 0 Å². The first kappa shape index (κ1) is 26.7. The lowest BCUT2D eigenvalue weighted by atomic mass is 10.0. The Morgan fingerprint density at radius 1 is 1.00 bits per heavy atom. The predicted octanol–water partition coefficient (Wildman–Crippen LogP) is 5.55. The number of amides is 1. The Balaban J connectivity index is 1.65. The molecule has 0 unspecified atom stereocenters. The molecule has 8 nitrogen and oxygen atoms in total. The van der Waals surface area contributed by atoms with Crippen LogP contribution in [-0.4, -0.2) is 48.1 Å². The van der Waals surface area contributed by atoms with Crippen molar-refractivity contribution in [3.63, 3.8) is 0 Å². The molecule has 4 rings (SSSR count). The zero-order chi connectivity index (χ0) is 27.3. The van der Waals surface area contributed by atoms with Crippen molar-refractivity contribution in [2.24, 2.45) is 0 Å². The minimum absolute atomic E-state index is 0.0387. The summed E-state index contributed by atoms with van der Waals surface area (Å²) in [7, 11) is 3.12. The van der Waals surface area contributed by atoms with Gasteiger partial charge in [-0.3, -0.25) is 4.79 Å². The lowest BCUT2D eigenvalue weighted by Gasteiger charge is -2.13. The monoisotopic (exact) mass is 526 g/mol. The molecule has 0 saturated carbocycles. The number of halogens is 3. The number of hydrogen-bond acceptors (Lipinski definition) is 6. The number of aromatic nitrogens is 3. The molecule has 1 N–H and O–H groups in total. The van der Waals surface area contributed by atoms with E-state index in [1.54, 1.807) is 55.3 Å². The van der Waals surface area contributed by atoms with Crippen LogP contribution in [0.4, 0.5) is 18.9 Å². The van der Waals surface area contributed by atoms with Gasteiger partial charge in [-0.25, -0.2) is 4.68 Å². The second-order valence-corrected chi connectivity index (χ2v) is 8.23. The van der Waals surface area contributed by atoms with Gasteiger partial charge in [-0.2, -0.15) is 18.2 Å². The standard InChI is InChI=1S/C27H25F3N4O4/c1-17-7-8-19(15-23(17)27(28,29)30)25(35)31-20-5-4-6-21(16-20)34-24(18-9-11-22(37-3)12-10-18)32-26(33-34)38-14-13-36-2/h4-12,15-16H,13-14H2,1-3H3,(H,31,35). The van der Waals surface area contributed by atoms with E-state index < -0.39 is 17.6 Å². The summed E-state index contributed by atoms with van der Waals surface area (Å²) in [6.07, 6.45) is -4.56. The smallest absolute Gasteiger partial charge is 0.416 e. The fourth-order valence-electron chi connectivity index (χ4n) is 3.66. The van der Waals surface area contributed by atoms with Gasteiger partial charge in [0.15, 0.2) is 5.82 Å². The summed E-state index contributed by atoms with van der Waals surface area (Å²) in [6, 6.07) is 17.5. The van der Waals surface area contributed by atoms with E-state index in [0.717, 1.165) is 11.6 Å². The van der Waals surface area contributed by atoms with Crippen molar-refractivity contribution in [1.29, 1.82) is 0 Å². The lowest BCUT2D eigenvalue weighted by Crippen LogP contribution is -2.15. The molecule has 0 spiro atoms. The third-order valence-electron chi connectivity index (χ3n) is 5.61. The van der Waals surface area contributed by atoms with E-state index in [2.05, 4.69) is 15.4 Å². The summed E-state index contributed by atoms with van der Waals surface area (Å²) in [5.41, 5.74) is 0.709. The minimum Gasteiger partial charge on any atom is -0.497 e. The molecular formula is C27H25F3N4O4. The molecule has 1 heterocycles. The van der Waals surface area contributed by atoms with Crippen LogP contribution in [0.15, 0.2) is 66.7 Å². The maximum absolute atomic E-state index is 13.3. The molecule has 0 radical (unpaired) electrons. The molecule has 0 bridgehead atoms. The topological polar surface area (TPSA) is 87.5 Å². The third kappa shape index (κ3) is 6.12. The number of carbonyl (C=O) groups excluding carboxylic acids is 1. The molecule has 0 saturated heterocycles. The summed E-state index contributed by atoms with van der Waals surface area (Å²) >= 11 is 0. The Morgan fingerprint density at radius 3 is 2.45 bits per heavy atom. The average Bonchev–Trinajstić information content (AvgIpc) is 3.33. The van der Waals surface area contributed by atoms with Crippen molar-refractivity contribution in [3.05, 3.63) is 83.4 Å². The van der Waals surface area contributed by atoms with Gasteiger partial charge in [-0.05, 0) is 67.1 Å². The molecule has 3 aromatic carbocycles. The van der Waals surface area contributed by atoms with Crippen LogP contribution in [0.1, 0.15) is 21.5 Å². The Morgan fingerprint density at radius 2 is 1.76 bits per heavy atom. The van der Waals surface area contributed by atoms with Gasteiger partial charge in [0.1, 0.15) is 12.4 Å². The highest BCUT2D eigenvalue weighted by Gasteiger charge is 2.33. The van der Waals surface area contributed by atoms with Crippen molar-refractivity contribution in [1.82, 2.24) is 14.8 Å². The quantitative estimate of drug-likeness (QED) is 0.288. The normalized spacial score (nSPS) is 11.3. The number of ether oxygens (including phenoxy) is 3. The molecular weight excluding hydrogens is 501 g/mol. The Kier molecular flexibility index (Phi) is 7.96. The van der Waals surface area contributed by atoms with Crippen LogP contribution in [0, 0.1) is 6.92 Å². The van der Waals surface area contributed by atoms with E-state index in [1.807, 2.05) is 12.1 Å². The molecule has 0 aliphatic heterocycles. The highest BCUT2D eigenvalue weighted by Crippen LogP contribution is 2.32. The maximum Gasteiger partial charge on any atom is 0.416 e. The van der Waals surface area contributed by atoms with Crippen LogP contribution in [0.2, 0.25) is 0 Å².